The first-order valence-electron chi connectivity index (χ1n) is 11.6. The van der Waals surface area contributed by atoms with Gasteiger partial charge in [-0.15, -0.1) is 0 Å². The molecule has 36 heavy (non-hydrogen) atoms. The molecule has 1 N–H and O–H groups in total. The normalized spacial score (nSPS) is 10.7. The molecule has 0 radical (unpaired) electrons. The molecule has 0 aliphatic carbocycles. The summed E-state index contributed by atoms with van der Waals surface area (Å²) in [6.45, 7) is 13.4. The van der Waals surface area contributed by atoms with Gasteiger partial charge in [-0.1, -0.05) is 58.2 Å². The second-order valence-electron chi connectivity index (χ2n) is 7.21. The van der Waals surface area contributed by atoms with E-state index in [1.165, 1.54) is 18.5 Å². The van der Waals surface area contributed by atoms with Gasteiger partial charge in [0.1, 0.15) is 11.6 Å². The zero-order valence-corrected chi connectivity index (χ0v) is 21.8. The Bertz CT molecular complexity index is 1180. The lowest BCUT2D eigenvalue weighted by Gasteiger charge is -2.20. The van der Waals surface area contributed by atoms with Gasteiger partial charge in [0.25, 0.3) is 5.90 Å². The maximum atomic E-state index is 13.5. The van der Waals surface area contributed by atoms with E-state index in [-0.39, 0.29) is 5.76 Å². The first kappa shape index (κ1) is 30.4. The van der Waals surface area contributed by atoms with Gasteiger partial charge in [-0.3, -0.25) is 9.98 Å². The van der Waals surface area contributed by atoms with Crippen molar-refractivity contribution in [1.82, 2.24) is 15.4 Å². The van der Waals surface area contributed by atoms with E-state index in [0.717, 1.165) is 16.6 Å². The zero-order chi connectivity index (χ0) is 27.3. The maximum absolute atomic E-state index is 13.5. The molecule has 0 atom stereocenters. The van der Waals surface area contributed by atoms with E-state index in [9.17, 15) is 13.2 Å². The summed E-state index contributed by atoms with van der Waals surface area (Å²) in [5.74, 6) is -1.20. The molecule has 1 heterocycles. The van der Waals surface area contributed by atoms with Crippen molar-refractivity contribution in [2.45, 2.75) is 33.6 Å². The van der Waals surface area contributed by atoms with Crippen LogP contribution in [0.2, 0.25) is 0 Å². The summed E-state index contributed by atoms with van der Waals surface area (Å²) in [5, 5.41) is 4.21. The van der Waals surface area contributed by atoms with Crippen LogP contribution in [0.3, 0.4) is 0 Å². The lowest BCUT2D eigenvalue weighted by molar-refractivity contribution is 0.196. The van der Waals surface area contributed by atoms with Crippen LogP contribution in [0.5, 0.6) is 0 Å². The molecule has 3 aromatic rings. The number of fused-ring (bicyclic) bond motifs is 1. The van der Waals surface area contributed by atoms with E-state index < -0.39 is 18.1 Å². The molecule has 8 heteroatoms. The zero-order valence-electron chi connectivity index (χ0n) is 21.8. The molecule has 0 saturated carbocycles. The predicted octanol–water partition coefficient (Wildman–Crippen LogP) is 6.97. The van der Waals surface area contributed by atoms with E-state index in [2.05, 4.69) is 46.8 Å². The molecule has 0 aliphatic rings. The van der Waals surface area contributed by atoms with Gasteiger partial charge in [0, 0.05) is 44.5 Å². The molecular formula is C28H35F3N4O. The van der Waals surface area contributed by atoms with Crippen LogP contribution in [-0.4, -0.2) is 43.5 Å². The summed E-state index contributed by atoms with van der Waals surface area (Å²) < 4.78 is 43.1. The number of nitrogens with one attached hydrogen (secondary N) is 1. The van der Waals surface area contributed by atoms with Gasteiger partial charge in [0.15, 0.2) is 0 Å². The molecule has 0 unspecified atom stereocenters. The number of benzene rings is 2. The summed E-state index contributed by atoms with van der Waals surface area (Å²) in [5.41, 5.74) is 5.94. The van der Waals surface area contributed by atoms with Gasteiger partial charge in [-0.05, 0) is 41.1 Å². The summed E-state index contributed by atoms with van der Waals surface area (Å²) in [6.07, 6.45) is 1.39. The van der Waals surface area contributed by atoms with Gasteiger partial charge < -0.3 is 9.75 Å². The Balaban J connectivity index is 0.000000338. The van der Waals surface area contributed by atoms with Crippen LogP contribution in [0.1, 0.15) is 37.5 Å². The second kappa shape index (κ2) is 15.4. The molecular weight excluding hydrogens is 465 g/mol. The van der Waals surface area contributed by atoms with E-state index in [1.807, 2.05) is 52.1 Å². The average molecular weight is 501 g/mol. The third-order valence-corrected chi connectivity index (χ3v) is 5.10. The first-order chi connectivity index (χ1) is 17.2. The fraction of sp³-hybridized carbons (Fsp3) is 0.286. The Morgan fingerprint density at radius 2 is 1.75 bits per heavy atom. The van der Waals surface area contributed by atoms with E-state index in [0.29, 0.717) is 17.5 Å². The fourth-order valence-electron chi connectivity index (χ4n) is 2.97. The largest absolute Gasteiger partial charge is 0.438 e. The van der Waals surface area contributed by atoms with Crippen LogP contribution in [0.15, 0.2) is 73.0 Å². The van der Waals surface area contributed by atoms with Gasteiger partial charge in [0.2, 0.25) is 0 Å². The third kappa shape index (κ3) is 8.53. The quantitative estimate of drug-likeness (QED) is 0.165. The number of aryl methyl sites for hydroxylation is 1. The van der Waals surface area contributed by atoms with Crippen LogP contribution >= 0.6 is 0 Å². The van der Waals surface area contributed by atoms with Crippen molar-refractivity contribution >= 4 is 28.1 Å². The molecule has 0 aliphatic heterocycles. The SMILES string of the molecule is C=C(OC(=NC)C(F)F)c1ccc(CC)c(F)c1.C=C(c1ccc2cnccc2c1)N(C)NC.CC. The molecule has 0 amide bonds. The number of ether oxygens (including phenoxy) is 1. The Hall–Kier alpha value is -3.65. The number of halogens is 3. The van der Waals surface area contributed by atoms with Crippen LogP contribution in [0, 0.1) is 5.82 Å². The standard InChI is InChI=1S/C13H14F3NO.C13H15N3.C2H6/c1-4-9-5-6-10(7-11(9)14)8(2)18-13(17-3)12(15)16;1-10(16(3)14-2)11-4-5-13-9-15-7-6-12(13)8-11;1-2/h5-7,12H,2,4H2,1,3H3;4-9,14H,1H2,2-3H3;1-2H3. The van der Waals surface area contributed by atoms with E-state index in [4.69, 9.17) is 4.74 Å². The highest BCUT2D eigenvalue weighted by molar-refractivity contribution is 5.85. The molecule has 3 rings (SSSR count). The number of nitrogens with zero attached hydrogens (tertiary/aromatic N) is 3. The van der Waals surface area contributed by atoms with E-state index >= 15 is 0 Å². The van der Waals surface area contributed by atoms with Gasteiger partial charge in [0.05, 0.1) is 5.70 Å². The van der Waals surface area contributed by atoms with Gasteiger partial charge in [-0.25, -0.2) is 9.82 Å². The Kier molecular flexibility index (Phi) is 13.0. The van der Waals surface area contributed by atoms with Crippen molar-refractivity contribution in [3.63, 3.8) is 0 Å². The van der Waals surface area contributed by atoms with Crippen LogP contribution in [0.25, 0.3) is 22.2 Å². The fourth-order valence-corrected chi connectivity index (χ4v) is 2.97. The van der Waals surface area contributed by atoms with Crippen LogP contribution in [-0.2, 0) is 11.2 Å². The minimum atomic E-state index is -2.83. The third-order valence-electron chi connectivity index (χ3n) is 5.10. The lowest BCUT2D eigenvalue weighted by atomic mass is 10.1. The molecule has 2 aromatic carbocycles. The summed E-state index contributed by atoms with van der Waals surface area (Å²) in [6, 6.07) is 12.6. The average Bonchev–Trinajstić information content (AvgIpc) is 2.91. The molecule has 0 fully saturated rings. The van der Waals surface area contributed by atoms with Crippen molar-refractivity contribution in [3.8, 4) is 0 Å². The van der Waals surface area contributed by atoms with Crippen molar-refractivity contribution in [1.29, 1.82) is 0 Å². The summed E-state index contributed by atoms with van der Waals surface area (Å²) in [7, 11) is 5.00. The highest BCUT2D eigenvalue weighted by Crippen LogP contribution is 2.21. The minimum absolute atomic E-state index is 0.0579. The molecule has 0 bridgehead atoms. The number of alkyl halides is 2. The summed E-state index contributed by atoms with van der Waals surface area (Å²) >= 11 is 0. The minimum Gasteiger partial charge on any atom is -0.438 e. The Morgan fingerprint density at radius 1 is 1.08 bits per heavy atom. The molecule has 0 spiro atoms. The molecule has 0 saturated heterocycles. The Labute approximate surface area is 212 Å². The topological polar surface area (TPSA) is 49.8 Å². The van der Waals surface area contributed by atoms with Crippen LogP contribution in [0.4, 0.5) is 13.2 Å². The number of rotatable bonds is 7. The second-order valence-corrected chi connectivity index (χ2v) is 7.21. The van der Waals surface area contributed by atoms with Crippen molar-refractivity contribution in [2.75, 3.05) is 21.1 Å². The Morgan fingerprint density at radius 3 is 2.31 bits per heavy atom. The smallest absolute Gasteiger partial charge is 0.312 e. The van der Waals surface area contributed by atoms with Crippen molar-refractivity contribution in [2.24, 2.45) is 4.99 Å². The maximum Gasteiger partial charge on any atom is 0.312 e. The van der Waals surface area contributed by atoms with Gasteiger partial charge >= 0.3 is 6.43 Å². The lowest BCUT2D eigenvalue weighted by Crippen LogP contribution is -2.28. The molecule has 1 aromatic heterocycles. The van der Waals surface area contributed by atoms with Crippen molar-refractivity contribution < 1.29 is 17.9 Å². The van der Waals surface area contributed by atoms with Crippen LogP contribution < -0.4 is 5.43 Å². The number of aliphatic imine (C=N–C) groups is 1. The first-order valence-corrected chi connectivity index (χ1v) is 11.6. The van der Waals surface area contributed by atoms with Gasteiger partial charge in [-0.2, -0.15) is 8.78 Å². The highest BCUT2D eigenvalue weighted by atomic mass is 19.3. The number of hydrogen-bond donors (Lipinski definition) is 1. The number of hydrazine groups is 1. The predicted molar refractivity (Wildman–Crippen MR) is 144 cm³/mol. The number of hydrogen-bond acceptors (Lipinski definition) is 5. The number of pyridine rings is 1. The highest BCUT2D eigenvalue weighted by Gasteiger charge is 2.16. The number of aromatic nitrogens is 1. The van der Waals surface area contributed by atoms with E-state index in [1.54, 1.807) is 18.3 Å². The monoisotopic (exact) mass is 500 g/mol. The summed E-state index contributed by atoms with van der Waals surface area (Å²) in [4.78, 5) is 7.39. The molecule has 5 nitrogen and oxygen atoms in total. The molecule has 194 valence electrons. The van der Waals surface area contributed by atoms with Crippen molar-refractivity contribution in [3.05, 3.63) is 90.5 Å².